The molecule has 16 nitrogen and oxygen atoms in total. The molecule has 354 valence electrons. The highest BCUT2D eigenvalue weighted by Gasteiger charge is 2.47. The molecule has 5 rings (SSSR count). The van der Waals surface area contributed by atoms with Gasteiger partial charge in [0.1, 0.15) is 30.2 Å². The van der Waals surface area contributed by atoms with Crippen LogP contribution in [0.1, 0.15) is 113 Å². The van der Waals surface area contributed by atoms with E-state index in [9.17, 15) is 38.4 Å². The Kier molecular flexibility index (Phi) is 17.0. The number of hydrogen-bond donors (Lipinski definition) is 2. The number of ether oxygens (including phenoxy) is 2. The summed E-state index contributed by atoms with van der Waals surface area (Å²) in [6, 6.07) is 3.94. The van der Waals surface area contributed by atoms with Crippen molar-refractivity contribution < 1.29 is 47.8 Å². The zero-order valence-corrected chi connectivity index (χ0v) is 39.5. The first-order chi connectivity index (χ1) is 30.3. The average molecular weight is 893 g/mol. The lowest BCUT2D eigenvalue weighted by Crippen LogP contribution is -2.61. The largest absolute Gasteiger partial charge is 0.452 e. The van der Waals surface area contributed by atoms with Gasteiger partial charge in [-0.2, -0.15) is 0 Å². The van der Waals surface area contributed by atoms with Crippen molar-refractivity contribution in [2.45, 2.75) is 162 Å². The molecule has 0 bridgehead atoms. The molecule has 4 saturated heterocycles. The van der Waals surface area contributed by atoms with Crippen LogP contribution in [0.5, 0.6) is 0 Å². The molecule has 0 aliphatic carbocycles. The molecule has 0 radical (unpaired) electrons. The summed E-state index contributed by atoms with van der Waals surface area (Å²) >= 11 is 0. The van der Waals surface area contributed by atoms with Crippen molar-refractivity contribution in [3.8, 4) is 0 Å². The Morgan fingerprint density at radius 2 is 1.16 bits per heavy atom. The highest BCUT2D eigenvalue weighted by Crippen LogP contribution is 2.29. The minimum atomic E-state index is -1.30. The number of esters is 2. The van der Waals surface area contributed by atoms with E-state index in [2.05, 4.69) is 10.6 Å². The third kappa shape index (κ3) is 11.1. The smallest absolute Gasteiger partial charge is 0.329 e. The minimum absolute atomic E-state index is 0.207. The molecule has 2 N–H and O–H groups in total. The van der Waals surface area contributed by atoms with Crippen LogP contribution in [-0.2, 0) is 54.3 Å². The van der Waals surface area contributed by atoms with E-state index in [4.69, 9.17) is 9.47 Å². The number of nitrogens with zero attached hydrogens (tertiary/aromatic N) is 4. The van der Waals surface area contributed by atoms with Crippen LogP contribution in [-0.4, -0.2) is 142 Å². The second kappa shape index (κ2) is 21.8. The number of fused-ring (bicyclic) bond motifs is 3. The van der Waals surface area contributed by atoms with Crippen LogP contribution >= 0.6 is 0 Å². The van der Waals surface area contributed by atoms with E-state index in [1.54, 1.807) is 20.8 Å². The van der Waals surface area contributed by atoms with Crippen LogP contribution in [0.4, 0.5) is 0 Å². The van der Waals surface area contributed by atoms with Gasteiger partial charge >= 0.3 is 11.9 Å². The van der Waals surface area contributed by atoms with Crippen molar-refractivity contribution in [1.82, 2.24) is 30.2 Å². The van der Waals surface area contributed by atoms with E-state index >= 15 is 0 Å². The Bertz CT molecular complexity index is 1880. The minimum Gasteiger partial charge on any atom is -0.452 e. The zero-order valence-electron chi connectivity index (χ0n) is 39.5. The van der Waals surface area contributed by atoms with Crippen LogP contribution in [0.3, 0.4) is 0 Å². The van der Waals surface area contributed by atoms with Crippen molar-refractivity contribution in [1.29, 1.82) is 0 Å². The number of rotatable bonds is 7. The summed E-state index contributed by atoms with van der Waals surface area (Å²) in [6.07, 6.45) is 0.895. The molecule has 6 amide bonds. The number of amides is 6. The maximum absolute atomic E-state index is 14.8. The van der Waals surface area contributed by atoms with Crippen LogP contribution in [0, 0.1) is 29.6 Å². The van der Waals surface area contributed by atoms with E-state index in [-0.39, 0.29) is 37.9 Å². The average Bonchev–Trinajstić information content (AvgIpc) is 4.07. The second-order valence-corrected chi connectivity index (χ2v) is 19.2. The monoisotopic (exact) mass is 893 g/mol. The van der Waals surface area contributed by atoms with Crippen molar-refractivity contribution >= 4 is 47.4 Å². The number of carbonyl (C=O) groups excluding carboxylic acids is 8. The van der Waals surface area contributed by atoms with Gasteiger partial charge in [-0.25, -0.2) is 4.79 Å². The highest BCUT2D eigenvalue weighted by atomic mass is 16.6. The van der Waals surface area contributed by atoms with Crippen LogP contribution in [0.25, 0.3) is 0 Å². The highest BCUT2D eigenvalue weighted by molar-refractivity contribution is 5.97. The van der Waals surface area contributed by atoms with Gasteiger partial charge in [0.15, 0.2) is 12.2 Å². The standard InChI is InChI=1S/C48H72N6O10/c1-11-29(6)39-45(59)53-24-16-21-35(53)42(56)50-38(30(7)26-33-18-13-12-14-19-33)44(58)52-23-15-20-34(52)41(55)49-37(27(2)3)31(8)47(61)63-32(9)43(57)54-25-17-22-36(54)48(62)64-40(28(4)5)46(60)51(39)10/h12-14,18-19,27-32,34-40H,11,15-17,20-26H2,1-10H3,(H,49,55)(H,50,56)/t29-,30+,31-,32-,34+,35+,36+,37-,38+,39-,40-/m1/s1. The molecule has 0 spiro atoms. The zero-order chi connectivity index (χ0) is 47.2. The van der Waals surface area contributed by atoms with Gasteiger partial charge in [-0.3, -0.25) is 33.6 Å². The summed E-state index contributed by atoms with van der Waals surface area (Å²) in [7, 11) is 1.51. The molecule has 4 fully saturated rings. The lowest BCUT2D eigenvalue weighted by atomic mass is 9.91. The molecule has 64 heavy (non-hydrogen) atoms. The van der Waals surface area contributed by atoms with Gasteiger partial charge in [0.25, 0.3) is 11.8 Å². The molecule has 16 heteroatoms. The first-order valence-corrected chi connectivity index (χ1v) is 23.5. The number of nitrogens with one attached hydrogen (secondary N) is 2. The number of hydrogen-bond acceptors (Lipinski definition) is 10. The molecule has 0 unspecified atom stereocenters. The Labute approximate surface area is 378 Å². The quantitative estimate of drug-likeness (QED) is 0.384. The van der Waals surface area contributed by atoms with Gasteiger partial charge in [-0.15, -0.1) is 0 Å². The topological polar surface area (TPSA) is 192 Å². The Morgan fingerprint density at radius 1 is 0.625 bits per heavy atom. The third-order valence-electron chi connectivity index (χ3n) is 13.9. The summed E-state index contributed by atoms with van der Waals surface area (Å²) in [5.74, 6) is -6.94. The van der Waals surface area contributed by atoms with Crippen molar-refractivity contribution in [2.24, 2.45) is 29.6 Å². The molecule has 1 aromatic rings. The van der Waals surface area contributed by atoms with Crippen LogP contribution in [0.2, 0.25) is 0 Å². The molecule has 11 atom stereocenters. The second-order valence-electron chi connectivity index (χ2n) is 19.2. The van der Waals surface area contributed by atoms with Gasteiger partial charge in [0.05, 0.1) is 5.92 Å². The maximum Gasteiger partial charge on any atom is 0.329 e. The maximum atomic E-state index is 14.8. The van der Waals surface area contributed by atoms with Gasteiger partial charge in [-0.05, 0) is 88.0 Å². The van der Waals surface area contributed by atoms with Gasteiger partial charge in [-0.1, -0.05) is 85.2 Å². The van der Waals surface area contributed by atoms with E-state index in [1.807, 2.05) is 65.0 Å². The molecule has 1 aromatic carbocycles. The molecular weight excluding hydrogens is 821 g/mol. The van der Waals surface area contributed by atoms with E-state index in [0.717, 1.165) is 5.56 Å². The molecule has 0 saturated carbocycles. The number of likely N-dealkylation sites (N-methyl/N-ethyl adjacent to an activating group) is 1. The first kappa shape index (κ1) is 50.0. The normalized spacial score (nSPS) is 30.8. The van der Waals surface area contributed by atoms with Gasteiger partial charge < -0.3 is 39.7 Å². The summed E-state index contributed by atoms with van der Waals surface area (Å²) in [5, 5.41) is 6.07. The molecule has 4 aliphatic heterocycles. The predicted octanol–water partition coefficient (Wildman–Crippen LogP) is 3.49. The molecule has 4 heterocycles. The fourth-order valence-electron chi connectivity index (χ4n) is 9.90. The van der Waals surface area contributed by atoms with Gasteiger partial charge in [0, 0.05) is 32.7 Å². The molecule has 4 aliphatic rings. The Morgan fingerprint density at radius 3 is 1.70 bits per heavy atom. The fourth-order valence-corrected chi connectivity index (χ4v) is 9.90. The van der Waals surface area contributed by atoms with Crippen molar-refractivity contribution in [3.05, 3.63) is 35.9 Å². The van der Waals surface area contributed by atoms with Crippen LogP contribution in [0.15, 0.2) is 30.3 Å². The van der Waals surface area contributed by atoms with Gasteiger partial charge in [0.2, 0.25) is 23.6 Å². The molecule has 0 aromatic heterocycles. The third-order valence-corrected chi connectivity index (χ3v) is 13.9. The summed E-state index contributed by atoms with van der Waals surface area (Å²) in [4.78, 5) is 120. The summed E-state index contributed by atoms with van der Waals surface area (Å²) in [6.45, 7) is 16.6. The SMILES string of the molecule is CC[C@@H](C)[C@@H]1C(=O)N2CCC[C@H]2C(=O)N[C@@H]([C@@H](C)Cc2ccccc2)C(=O)N2CCC[C@H]2C(=O)N[C@H](C(C)C)[C@@H](C)C(=O)O[C@H](C)C(=O)N2CCC[C@H]2C(=O)O[C@H](C(C)C)C(=O)N1C. The number of carbonyl (C=O) groups is 8. The first-order valence-electron chi connectivity index (χ1n) is 23.5. The van der Waals surface area contributed by atoms with Crippen LogP contribution < -0.4 is 10.6 Å². The summed E-state index contributed by atoms with van der Waals surface area (Å²) < 4.78 is 11.7. The number of benzene rings is 1. The van der Waals surface area contributed by atoms with Crippen molar-refractivity contribution in [2.75, 3.05) is 26.7 Å². The lowest BCUT2D eigenvalue weighted by Gasteiger charge is -2.38. The lowest BCUT2D eigenvalue weighted by molar-refractivity contribution is -0.172. The Hall–Kier alpha value is -5.02. The van der Waals surface area contributed by atoms with Crippen molar-refractivity contribution in [3.63, 3.8) is 0 Å². The fraction of sp³-hybridized carbons (Fsp3) is 0.708. The van der Waals surface area contributed by atoms with E-state index in [1.165, 1.54) is 33.6 Å². The molecular formula is C48H72N6O10. The predicted molar refractivity (Wildman–Crippen MR) is 238 cm³/mol. The summed E-state index contributed by atoms with van der Waals surface area (Å²) in [5.41, 5.74) is 0.956. The number of cyclic esters (lactones) is 2. The Balaban J connectivity index is 1.55. The van der Waals surface area contributed by atoms with E-state index in [0.29, 0.717) is 44.9 Å². The van der Waals surface area contributed by atoms with E-state index < -0.39 is 114 Å².